The van der Waals surface area contributed by atoms with Crippen molar-refractivity contribution in [1.29, 1.82) is 0 Å². The lowest BCUT2D eigenvalue weighted by Gasteiger charge is -2.06. The third-order valence-electron chi connectivity index (χ3n) is 1.70. The van der Waals surface area contributed by atoms with E-state index in [1.54, 1.807) is 6.07 Å². The maximum Gasteiger partial charge on any atom is 0.206 e. The maximum absolute atomic E-state index is 13.1. The van der Waals surface area contributed by atoms with Gasteiger partial charge in [0, 0.05) is 0 Å². The lowest BCUT2D eigenvalue weighted by molar-refractivity contribution is 0.288. The molecule has 2 nitrogen and oxygen atoms in total. The van der Waals surface area contributed by atoms with Crippen LogP contribution in [0.25, 0.3) is 0 Å². The minimum absolute atomic E-state index is 0.119. The lowest BCUT2D eigenvalue weighted by Crippen LogP contribution is -1.98. The van der Waals surface area contributed by atoms with E-state index in [9.17, 15) is 4.39 Å². The van der Waals surface area contributed by atoms with Crippen molar-refractivity contribution in [2.75, 3.05) is 6.61 Å². The number of aromatic hydroxyl groups is 1. The Morgan fingerprint density at radius 2 is 2.23 bits per heavy atom. The van der Waals surface area contributed by atoms with E-state index < -0.39 is 5.82 Å². The molecule has 1 rings (SSSR count). The van der Waals surface area contributed by atoms with Gasteiger partial charge in [-0.2, -0.15) is 4.39 Å². The third-order valence-corrected chi connectivity index (χ3v) is 1.70. The van der Waals surface area contributed by atoms with Crippen LogP contribution in [0.15, 0.2) is 18.2 Å². The average molecular weight is 184 g/mol. The van der Waals surface area contributed by atoms with Gasteiger partial charge in [-0.15, -0.1) is 0 Å². The number of rotatable bonds is 4. The summed E-state index contributed by atoms with van der Waals surface area (Å²) in [5, 5.41) is 9.00. The monoisotopic (exact) mass is 184 g/mol. The van der Waals surface area contributed by atoms with Gasteiger partial charge in [-0.05, 0) is 18.6 Å². The maximum atomic E-state index is 13.1. The Hall–Kier alpha value is -1.25. The number of phenols is 1. The Morgan fingerprint density at radius 3 is 2.92 bits per heavy atom. The van der Waals surface area contributed by atoms with Gasteiger partial charge in [-0.3, -0.25) is 0 Å². The molecule has 1 aromatic carbocycles. The van der Waals surface area contributed by atoms with Crippen LogP contribution < -0.4 is 4.74 Å². The van der Waals surface area contributed by atoms with Crippen LogP contribution in [0.1, 0.15) is 19.8 Å². The van der Waals surface area contributed by atoms with Crippen LogP contribution in [-0.2, 0) is 0 Å². The van der Waals surface area contributed by atoms with Crippen LogP contribution in [-0.4, -0.2) is 11.7 Å². The van der Waals surface area contributed by atoms with E-state index in [1.165, 1.54) is 12.1 Å². The molecule has 0 amide bonds. The highest BCUT2D eigenvalue weighted by Crippen LogP contribution is 2.24. The standard InChI is InChI=1S/C10H13FO2/c1-2-3-7-13-9-6-4-5-8(12)10(9)11/h4-6,12H,2-3,7H2,1H3. The van der Waals surface area contributed by atoms with Gasteiger partial charge in [0.05, 0.1) is 6.61 Å². The molecule has 0 fully saturated rings. The molecule has 1 N–H and O–H groups in total. The minimum Gasteiger partial charge on any atom is -0.505 e. The molecule has 72 valence electrons. The topological polar surface area (TPSA) is 29.5 Å². The number of hydrogen-bond donors (Lipinski definition) is 1. The number of benzene rings is 1. The summed E-state index contributed by atoms with van der Waals surface area (Å²) in [5.41, 5.74) is 0. The fourth-order valence-corrected chi connectivity index (χ4v) is 0.937. The molecule has 13 heavy (non-hydrogen) atoms. The molecule has 0 radical (unpaired) electrons. The fraction of sp³-hybridized carbons (Fsp3) is 0.400. The van der Waals surface area contributed by atoms with E-state index in [0.717, 1.165) is 12.8 Å². The fourth-order valence-electron chi connectivity index (χ4n) is 0.937. The van der Waals surface area contributed by atoms with Gasteiger partial charge in [0.1, 0.15) is 0 Å². The largest absolute Gasteiger partial charge is 0.505 e. The molecule has 0 aromatic heterocycles. The Labute approximate surface area is 77.0 Å². The molecule has 0 bridgehead atoms. The van der Waals surface area contributed by atoms with Gasteiger partial charge >= 0.3 is 0 Å². The van der Waals surface area contributed by atoms with Crippen molar-refractivity contribution in [3.63, 3.8) is 0 Å². The molecule has 0 spiro atoms. The molecule has 0 saturated heterocycles. The quantitative estimate of drug-likeness (QED) is 0.729. The summed E-state index contributed by atoms with van der Waals surface area (Å²) in [6.45, 7) is 2.51. The SMILES string of the molecule is CCCCOc1cccc(O)c1F. The van der Waals surface area contributed by atoms with Gasteiger partial charge in [0.15, 0.2) is 11.5 Å². The summed E-state index contributed by atoms with van der Waals surface area (Å²) in [4.78, 5) is 0. The summed E-state index contributed by atoms with van der Waals surface area (Å²) < 4.78 is 18.2. The van der Waals surface area contributed by atoms with E-state index in [1.807, 2.05) is 6.92 Å². The Bertz CT molecular complexity index is 274. The van der Waals surface area contributed by atoms with E-state index in [-0.39, 0.29) is 11.5 Å². The first-order chi connectivity index (χ1) is 6.25. The Kier molecular flexibility index (Phi) is 3.55. The first-order valence-corrected chi connectivity index (χ1v) is 4.36. The van der Waals surface area contributed by atoms with Crippen LogP contribution in [0, 0.1) is 5.82 Å². The van der Waals surface area contributed by atoms with Gasteiger partial charge in [-0.1, -0.05) is 19.4 Å². The molecule has 0 heterocycles. The van der Waals surface area contributed by atoms with Crippen LogP contribution >= 0.6 is 0 Å². The predicted octanol–water partition coefficient (Wildman–Crippen LogP) is 2.71. The number of halogens is 1. The molecular weight excluding hydrogens is 171 g/mol. The molecule has 0 unspecified atom stereocenters. The first kappa shape index (κ1) is 9.84. The zero-order valence-electron chi connectivity index (χ0n) is 7.59. The van der Waals surface area contributed by atoms with E-state index in [0.29, 0.717) is 6.61 Å². The molecule has 0 atom stereocenters. The summed E-state index contributed by atoms with van der Waals surface area (Å²) in [5.74, 6) is -0.930. The Morgan fingerprint density at radius 1 is 1.46 bits per heavy atom. The zero-order valence-corrected chi connectivity index (χ0v) is 7.59. The smallest absolute Gasteiger partial charge is 0.206 e. The number of hydrogen-bond acceptors (Lipinski definition) is 2. The van der Waals surface area contributed by atoms with Crippen molar-refractivity contribution in [2.45, 2.75) is 19.8 Å². The van der Waals surface area contributed by atoms with Gasteiger partial charge < -0.3 is 9.84 Å². The molecule has 1 aromatic rings. The second kappa shape index (κ2) is 4.70. The highest BCUT2D eigenvalue weighted by Gasteiger charge is 2.06. The highest BCUT2D eigenvalue weighted by atomic mass is 19.1. The first-order valence-electron chi connectivity index (χ1n) is 4.36. The number of ether oxygens (including phenoxy) is 1. The third kappa shape index (κ3) is 2.61. The Balaban J connectivity index is 2.61. The predicted molar refractivity (Wildman–Crippen MR) is 48.5 cm³/mol. The second-order valence-electron chi connectivity index (χ2n) is 2.79. The molecule has 0 aliphatic rings. The van der Waals surface area contributed by atoms with Crippen LogP contribution in [0.3, 0.4) is 0 Å². The molecule has 0 aliphatic heterocycles. The van der Waals surface area contributed by atoms with E-state index >= 15 is 0 Å². The molecule has 0 saturated carbocycles. The van der Waals surface area contributed by atoms with Gasteiger partial charge in [-0.25, -0.2) is 0 Å². The molecule has 3 heteroatoms. The van der Waals surface area contributed by atoms with Crippen molar-refractivity contribution in [3.8, 4) is 11.5 Å². The lowest BCUT2D eigenvalue weighted by atomic mass is 10.3. The van der Waals surface area contributed by atoms with Crippen LogP contribution in [0.5, 0.6) is 11.5 Å². The summed E-state index contributed by atoms with van der Waals surface area (Å²) in [6.07, 6.45) is 1.88. The summed E-state index contributed by atoms with van der Waals surface area (Å²) in [7, 11) is 0. The van der Waals surface area contributed by atoms with Crippen molar-refractivity contribution in [2.24, 2.45) is 0 Å². The number of unbranched alkanes of at least 4 members (excludes halogenated alkanes) is 1. The van der Waals surface area contributed by atoms with E-state index in [4.69, 9.17) is 9.84 Å². The average Bonchev–Trinajstić information content (AvgIpc) is 2.13. The van der Waals surface area contributed by atoms with Crippen molar-refractivity contribution in [1.82, 2.24) is 0 Å². The van der Waals surface area contributed by atoms with Crippen LogP contribution in [0.2, 0.25) is 0 Å². The highest BCUT2D eigenvalue weighted by molar-refractivity contribution is 5.34. The van der Waals surface area contributed by atoms with E-state index in [2.05, 4.69) is 0 Å². The molecular formula is C10H13FO2. The normalized spacial score (nSPS) is 10.0. The van der Waals surface area contributed by atoms with Gasteiger partial charge in [0.2, 0.25) is 5.82 Å². The van der Waals surface area contributed by atoms with Crippen molar-refractivity contribution < 1.29 is 14.2 Å². The zero-order chi connectivity index (χ0) is 9.68. The van der Waals surface area contributed by atoms with Crippen molar-refractivity contribution >= 4 is 0 Å². The van der Waals surface area contributed by atoms with Crippen LogP contribution in [0.4, 0.5) is 4.39 Å². The summed E-state index contributed by atoms with van der Waals surface area (Å²) >= 11 is 0. The summed E-state index contributed by atoms with van der Waals surface area (Å²) in [6, 6.07) is 4.35. The minimum atomic E-state index is -0.682. The van der Waals surface area contributed by atoms with Gasteiger partial charge in [0.25, 0.3) is 0 Å². The number of phenolic OH excluding ortho intramolecular Hbond substituents is 1. The molecule has 0 aliphatic carbocycles. The second-order valence-corrected chi connectivity index (χ2v) is 2.79. The van der Waals surface area contributed by atoms with Crippen molar-refractivity contribution in [3.05, 3.63) is 24.0 Å².